The summed E-state index contributed by atoms with van der Waals surface area (Å²) in [4.78, 5) is 22.1. The summed E-state index contributed by atoms with van der Waals surface area (Å²) in [5.74, 6) is -0.183. The number of likely N-dealkylation sites (N-methyl/N-ethyl adjacent to an activating group) is 1. The highest BCUT2D eigenvalue weighted by Gasteiger charge is 2.20. The molecule has 1 aliphatic rings. The van der Waals surface area contributed by atoms with Gasteiger partial charge in [0.1, 0.15) is 11.3 Å². The Bertz CT molecular complexity index is 956. The van der Waals surface area contributed by atoms with Gasteiger partial charge in [-0.1, -0.05) is 25.1 Å². The maximum Gasteiger partial charge on any atom is 0.275 e. The third kappa shape index (κ3) is 3.53. The number of amides is 1. The molecular formula is C21H25N5O. The molecule has 6 heteroatoms. The molecular weight excluding hydrogens is 338 g/mol. The Balaban J connectivity index is 1.55. The van der Waals surface area contributed by atoms with Crippen molar-refractivity contribution in [1.29, 1.82) is 0 Å². The third-order valence-corrected chi connectivity index (χ3v) is 5.24. The van der Waals surface area contributed by atoms with E-state index in [4.69, 9.17) is 0 Å². The van der Waals surface area contributed by atoms with E-state index in [1.807, 2.05) is 47.7 Å². The van der Waals surface area contributed by atoms with Crippen LogP contribution in [0, 0.1) is 6.92 Å². The Morgan fingerprint density at radius 1 is 1.07 bits per heavy atom. The van der Waals surface area contributed by atoms with Crippen LogP contribution in [0.15, 0.2) is 48.7 Å². The molecule has 1 aromatic carbocycles. The van der Waals surface area contributed by atoms with Gasteiger partial charge < -0.3 is 19.5 Å². The summed E-state index contributed by atoms with van der Waals surface area (Å²) < 4.78 is 1.94. The second-order valence-corrected chi connectivity index (χ2v) is 6.91. The summed E-state index contributed by atoms with van der Waals surface area (Å²) in [5.41, 5.74) is 4.16. The molecule has 0 radical (unpaired) electrons. The zero-order chi connectivity index (χ0) is 18.8. The predicted molar refractivity (Wildman–Crippen MR) is 109 cm³/mol. The molecule has 140 valence electrons. The molecule has 0 unspecified atom stereocenters. The molecule has 1 N–H and O–H groups in total. The topological polar surface area (TPSA) is 52.9 Å². The summed E-state index contributed by atoms with van der Waals surface area (Å²) in [6, 6.07) is 13.9. The minimum atomic E-state index is -0.183. The fraction of sp³-hybridized carbons (Fsp3) is 0.333. The van der Waals surface area contributed by atoms with Gasteiger partial charge in [-0.15, -0.1) is 0 Å². The van der Waals surface area contributed by atoms with E-state index < -0.39 is 0 Å². The zero-order valence-electron chi connectivity index (χ0n) is 15.9. The van der Waals surface area contributed by atoms with E-state index in [0.29, 0.717) is 5.69 Å². The average molecular weight is 363 g/mol. The number of anilines is 2. The number of aryl methyl sites for hydroxylation is 1. The number of imidazole rings is 1. The number of para-hydroxylation sites is 2. The van der Waals surface area contributed by atoms with Crippen molar-refractivity contribution >= 4 is 22.9 Å². The molecule has 6 nitrogen and oxygen atoms in total. The lowest BCUT2D eigenvalue weighted by molar-refractivity contribution is 0.102. The molecule has 0 atom stereocenters. The van der Waals surface area contributed by atoms with Crippen LogP contribution >= 0.6 is 0 Å². The molecule has 2 aromatic heterocycles. The first-order valence-corrected chi connectivity index (χ1v) is 9.48. The lowest BCUT2D eigenvalue weighted by Gasteiger charge is -2.36. The number of hydrogen-bond acceptors (Lipinski definition) is 4. The van der Waals surface area contributed by atoms with Crippen molar-refractivity contribution in [3.63, 3.8) is 0 Å². The quantitative estimate of drug-likeness (QED) is 0.774. The number of benzene rings is 1. The number of nitrogens with one attached hydrogen (secondary N) is 1. The molecule has 3 heterocycles. The van der Waals surface area contributed by atoms with Crippen molar-refractivity contribution in [1.82, 2.24) is 14.3 Å². The Morgan fingerprint density at radius 3 is 2.59 bits per heavy atom. The van der Waals surface area contributed by atoms with E-state index in [1.54, 1.807) is 6.20 Å². The van der Waals surface area contributed by atoms with Crippen LogP contribution in [0.3, 0.4) is 0 Å². The van der Waals surface area contributed by atoms with E-state index >= 15 is 0 Å². The van der Waals surface area contributed by atoms with E-state index in [2.05, 4.69) is 33.1 Å². The first-order chi connectivity index (χ1) is 13.2. The summed E-state index contributed by atoms with van der Waals surface area (Å²) in [6.07, 6.45) is 1.79. The van der Waals surface area contributed by atoms with Crippen LogP contribution in [0.2, 0.25) is 0 Å². The van der Waals surface area contributed by atoms with Gasteiger partial charge in [0, 0.05) is 38.1 Å². The molecule has 1 fully saturated rings. The Hall–Kier alpha value is -2.86. The smallest absolute Gasteiger partial charge is 0.275 e. The molecule has 27 heavy (non-hydrogen) atoms. The van der Waals surface area contributed by atoms with Crippen molar-refractivity contribution in [2.45, 2.75) is 13.8 Å². The van der Waals surface area contributed by atoms with Crippen LogP contribution < -0.4 is 10.2 Å². The van der Waals surface area contributed by atoms with Crippen LogP contribution in [0.25, 0.3) is 5.65 Å². The van der Waals surface area contributed by atoms with E-state index in [1.165, 1.54) is 0 Å². The van der Waals surface area contributed by atoms with Gasteiger partial charge in [0.15, 0.2) is 0 Å². The molecule has 3 aromatic rings. The number of fused-ring (bicyclic) bond motifs is 1. The number of carbonyl (C=O) groups is 1. The maximum absolute atomic E-state index is 12.8. The number of nitrogens with zero attached hydrogens (tertiary/aromatic N) is 4. The van der Waals surface area contributed by atoms with Crippen molar-refractivity contribution in [3.8, 4) is 0 Å². The van der Waals surface area contributed by atoms with Crippen LogP contribution in [0.1, 0.15) is 23.1 Å². The van der Waals surface area contributed by atoms with Crippen molar-refractivity contribution in [3.05, 3.63) is 60.0 Å². The van der Waals surface area contributed by atoms with Gasteiger partial charge in [0.25, 0.3) is 5.91 Å². The zero-order valence-corrected chi connectivity index (χ0v) is 15.9. The van der Waals surface area contributed by atoms with Gasteiger partial charge in [0.2, 0.25) is 0 Å². The fourth-order valence-electron chi connectivity index (χ4n) is 3.60. The Kier molecular flexibility index (Phi) is 4.81. The third-order valence-electron chi connectivity index (χ3n) is 5.24. The second-order valence-electron chi connectivity index (χ2n) is 6.91. The molecule has 0 spiro atoms. The SMILES string of the molecule is CCN1CCN(c2ccccc2NC(=O)c2cn3c(C)cccc3n2)CC1. The number of aromatic nitrogens is 2. The van der Waals surface area contributed by atoms with Crippen molar-refractivity contribution in [2.75, 3.05) is 42.9 Å². The van der Waals surface area contributed by atoms with Gasteiger partial charge in [-0.25, -0.2) is 4.98 Å². The van der Waals surface area contributed by atoms with E-state index in [0.717, 1.165) is 55.4 Å². The van der Waals surface area contributed by atoms with E-state index in [-0.39, 0.29) is 5.91 Å². The number of hydrogen-bond donors (Lipinski definition) is 1. The van der Waals surface area contributed by atoms with Gasteiger partial charge in [-0.2, -0.15) is 0 Å². The van der Waals surface area contributed by atoms with Crippen LogP contribution in [0.4, 0.5) is 11.4 Å². The highest BCUT2D eigenvalue weighted by atomic mass is 16.1. The number of piperazine rings is 1. The number of rotatable bonds is 4. The monoisotopic (exact) mass is 363 g/mol. The average Bonchev–Trinajstić information content (AvgIpc) is 3.15. The molecule has 1 aliphatic heterocycles. The molecule has 0 aliphatic carbocycles. The standard InChI is InChI=1S/C21H25N5O/c1-3-24-11-13-25(14-12-24)19-9-5-4-8-17(19)23-21(27)18-15-26-16(2)7-6-10-20(26)22-18/h4-10,15H,3,11-14H2,1-2H3,(H,23,27). The molecule has 1 saturated heterocycles. The van der Waals surface area contributed by atoms with Gasteiger partial charge in [-0.3, -0.25) is 4.79 Å². The summed E-state index contributed by atoms with van der Waals surface area (Å²) in [6.45, 7) is 9.30. The summed E-state index contributed by atoms with van der Waals surface area (Å²) in [7, 11) is 0. The summed E-state index contributed by atoms with van der Waals surface area (Å²) >= 11 is 0. The normalized spacial score (nSPS) is 15.3. The Morgan fingerprint density at radius 2 is 1.85 bits per heavy atom. The van der Waals surface area contributed by atoms with Crippen LogP contribution in [0.5, 0.6) is 0 Å². The van der Waals surface area contributed by atoms with E-state index in [9.17, 15) is 4.79 Å². The first kappa shape index (κ1) is 17.5. The largest absolute Gasteiger partial charge is 0.367 e. The summed E-state index contributed by atoms with van der Waals surface area (Å²) in [5, 5.41) is 3.06. The molecule has 4 rings (SSSR count). The van der Waals surface area contributed by atoms with Gasteiger partial charge >= 0.3 is 0 Å². The second kappa shape index (κ2) is 7.40. The van der Waals surface area contributed by atoms with Crippen LogP contribution in [-0.4, -0.2) is 52.9 Å². The van der Waals surface area contributed by atoms with Gasteiger partial charge in [-0.05, 0) is 37.7 Å². The molecule has 1 amide bonds. The highest BCUT2D eigenvalue weighted by Crippen LogP contribution is 2.27. The highest BCUT2D eigenvalue weighted by molar-refractivity contribution is 6.05. The molecule has 0 bridgehead atoms. The predicted octanol–water partition coefficient (Wildman–Crippen LogP) is 3.04. The Labute approximate surface area is 159 Å². The maximum atomic E-state index is 12.8. The van der Waals surface area contributed by atoms with Crippen LogP contribution in [-0.2, 0) is 0 Å². The minimum absolute atomic E-state index is 0.183. The number of pyridine rings is 1. The lowest BCUT2D eigenvalue weighted by atomic mass is 10.2. The number of carbonyl (C=O) groups excluding carboxylic acids is 1. The molecule has 0 saturated carbocycles. The minimum Gasteiger partial charge on any atom is -0.367 e. The van der Waals surface area contributed by atoms with Crippen molar-refractivity contribution < 1.29 is 4.79 Å². The van der Waals surface area contributed by atoms with Gasteiger partial charge in [0.05, 0.1) is 11.4 Å². The lowest BCUT2D eigenvalue weighted by Crippen LogP contribution is -2.46. The fourth-order valence-corrected chi connectivity index (χ4v) is 3.60. The first-order valence-electron chi connectivity index (χ1n) is 9.48. The van der Waals surface area contributed by atoms with Crippen molar-refractivity contribution in [2.24, 2.45) is 0 Å².